The first-order valence-electron chi connectivity index (χ1n) is 8.28. The van der Waals surface area contributed by atoms with Crippen molar-refractivity contribution in [3.63, 3.8) is 0 Å². The number of carbonyl (C=O) groups is 1. The van der Waals surface area contributed by atoms with Crippen molar-refractivity contribution >= 4 is 16.8 Å². The molecule has 2 aliphatic rings. The van der Waals surface area contributed by atoms with E-state index in [0.29, 0.717) is 44.9 Å². The molecule has 0 bridgehead atoms. The lowest BCUT2D eigenvalue weighted by Crippen LogP contribution is -2.48. The number of amides is 1. The molecule has 6 heteroatoms. The third-order valence-corrected chi connectivity index (χ3v) is 4.64. The molecular weight excluding hydrogens is 308 g/mol. The number of nitrogens with zero attached hydrogens (tertiary/aromatic N) is 2. The number of ether oxygens (including phenoxy) is 3. The first kappa shape index (κ1) is 15.4. The molecule has 4 rings (SSSR count). The highest BCUT2D eigenvalue weighted by molar-refractivity contribution is 5.85. The van der Waals surface area contributed by atoms with E-state index in [2.05, 4.69) is 4.98 Å². The predicted molar refractivity (Wildman–Crippen MR) is 87.7 cm³/mol. The third-order valence-electron chi connectivity index (χ3n) is 4.64. The van der Waals surface area contributed by atoms with Crippen molar-refractivity contribution in [1.29, 1.82) is 0 Å². The summed E-state index contributed by atoms with van der Waals surface area (Å²) in [6.45, 7) is 2.58. The molecular formula is C18H20N2O4. The van der Waals surface area contributed by atoms with E-state index in [1.54, 1.807) is 6.20 Å². The normalized spacial score (nSPS) is 19.8. The molecule has 1 amide bonds. The summed E-state index contributed by atoms with van der Waals surface area (Å²) in [5.41, 5.74) is 0.776. The van der Waals surface area contributed by atoms with E-state index >= 15 is 0 Å². The highest BCUT2D eigenvalue weighted by Gasteiger charge is 2.40. The van der Waals surface area contributed by atoms with Gasteiger partial charge in [-0.3, -0.25) is 9.78 Å². The largest absolute Gasteiger partial charge is 0.481 e. The Kier molecular flexibility index (Phi) is 4.08. The summed E-state index contributed by atoms with van der Waals surface area (Å²) in [7, 11) is 0. The van der Waals surface area contributed by atoms with Crippen LogP contribution < -0.4 is 4.74 Å². The van der Waals surface area contributed by atoms with Crippen LogP contribution in [-0.4, -0.2) is 54.5 Å². The fraction of sp³-hybridized carbons (Fsp3) is 0.444. The number of carbonyl (C=O) groups excluding carboxylic acids is 1. The van der Waals surface area contributed by atoms with Crippen LogP contribution in [0.5, 0.6) is 5.75 Å². The van der Waals surface area contributed by atoms with E-state index in [0.717, 1.165) is 10.9 Å². The lowest BCUT2D eigenvalue weighted by atomic mass is 10.0. The molecule has 0 saturated carbocycles. The van der Waals surface area contributed by atoms with Crippen LogP contribution in [0.25, 0.3) is 10.9 Å². The maximum Gasteiger partial charge on any atom is 0.260 e. The van der Waals surface area contributed by atoms with Crippen molar-refractivity contribution in [2.24, 2.45) is 0 Å². The van der Waals surface area contributed by atoms with Gasteiger partial charge in [0.1, 0.15) is 11.3 Å². The summed E-state index contributed by atoms with van der Waals surface area (Å²) in [5, 5.41) is 0.998. The summed E-state index contributed by atoms with van der Waals surface area (Å²) >= 11 is 0. The Morgan fingerprint density at radius 2 is 1.92 bits per heavy atom. The third kappa shape index (κ3) is 2.95. The molecule has 3 heterocycles. The van der Waals surface area contributed by atoms with E-state index in [4.69, 9.17) is 14.2 Å². The van der Waals surface area contributed by atoms with E-state index in [-0.39, 0.29) is 12.5 Å². The van der Waals surface area contributed by atoms with Crippen LogP contribution in [0.3, 0.4) is 0 Å². The number of piperidine rings is 1. The topological polar surface area (TPSA) is 60.9 Å². The molecule has 2 aliphatic heterocycles. The Morgan fingerprint density at radius 3 is 2.71 bits per heavy atom. The van der Waals surface area contributed by atoms with Crippen LogP contribution in [0.2, 0.25) is 0 Å². The molecule has 6 nitrogen and oxygen atoms in total. The monoisotopic (exact) mass is 328 g/mol. The molecule has 126 valence electrons. The van der Waals surface area contributed by atoms with Crippen LogP contribution in [0, 0.1) is 0 Å². The number of pyridine rings is 1. The van der Waals surface area contributed by atoms with Crippen LogP contribution >= 0.6 is 0 Å². The summed E-state index contributed by atoms with van der Waals surface area (Å²) in [6, 6.07) is 9.58. The Hall–Kier alpha value is -2.18. The average molecular weight is 328 g/mol. The zero-order valence-electron chi connectivity index (χ0n) is 13.4. The van der Waals surface area contributed by atoms with Crippen LogP contribution in [0.15, 0.2) is 36.5 Å². The van der Waals surface area contributed by atoms with Crippen LogP contribution in [-0.2, 0) is 14.3 Å². The number of aromatic nitrogens is 1. The molecule has 1 aromatic carbocycles. The second-order valence-corrected chi connectivity index (χ2v) is 6.11. The molecule has 0 unspecified atom stereocenters. The average Bonchev–Trinajstić information content (AvgIpc) is 3.08. The van der Waals surface area contributed by atoms with Gasteiger partial charge in [-0.2, -0.15) is 0 Å². The summed E-state index contributed by atoms with van der Waals surface area (Å²) in [6.07, 6.45) is 3.16. The van der Waals surface area contributed by atoms with Crippen molar-refractivity contribution in [2.75, 3.05) is 32.9 Å². The maximum absolute atomic E-state index is 12.4. The Morgan fingerprint density at radius 1 is 1.17 bits per heavy atom. The lowest BCUT2D eigenvalue weighted by molar-refractivity contribution is -0.187. The molecule has 0 radical (unpaired) electrons. The zero-order valence-corrected chi connectivity index (χ0v) is 13.4. The van der Waals surface area contributed by atoms with Crippen molar-refractivity contribution in [3.05, 3.63) is 36.5 Å². The van der Waals surface area contributed by atoms with Gasteiger partial charge in [0.05, 0.1) is 13.2 Å². The van der Waals surface area contributed by atoms with Gasteiger partial charge in [-0.15, -0.1) is 0 Å². The first-order valence-corrected chi connectivity index (χ1v) is 8.28. The van der Waals surface area contributed by atoms with Gasteiger partial charge in [0.2, 0.25) is 0 Å². The SMILES string of the molecule is O=C(COc1cccc2cccnc12)N1CCC2(CC1)OCCO2. The molecule has 24 heavy (non-hydrogen) atoms. The van der Waals surface area contributed by atoms with Gasteiger partial charge >= 0.3 is 0 Å². The van der Waals surface area contributed by atoms with Crippen molar-refractivity contribution < 1.29 is 19.0 Å². The molecule has 2 fully saturated rings. The van der Waals surface area contributed by atoms with Gasteiger partial charge in [0, 0.05) is 37.5 Å². The number of para-hydroxylation sites is 1. The molecule has 0 atom stereocenters. The molecule has 2 aromatic rings. The van der Waals surface area contributed by atoms with Gasteiger partial charge in [0.15, 0.2) is 12.4 Å². The van der Waals surface area contributed by atoms with Gasteiger partial charge in [-0.1, -0.05) is 18.2 Å². The summed E-state index contributed by atoms with van der Waals surface area (Å²) in [4.78, 5) is 18.6. The Bertz CT molecular complexity index is 727. The number of hydrogen-bond donors (Lipinski definition) is 0. The van der Waals surface area contributed by atoms with Crippen molar-refractivity contribution in [3.8, 4) is 5.75 Å². The predicted octanol–water partition coefficient (Wildman–Crippen LogP) is 1.98. The maximum atomic E-state index is 12.4. The highest BCUT2D eigenvalue weighted by atomic mass is 16.7. The minimum Gasteiger partial charge on any atom is -0.481 e. The van der Waals surface area contributed by atoms with E-state index < -0.39 is 5.79 Å². The zero-order chi connectivity index (χ0) is 16.4. The second-order valence-electron chi connectivity index (χ2n) is 6.11. The fourth-order valence-electron chi connectivity index (χ4n) is 3.31. The first-order chi connectivity index (χ1) is 11.8. The van der Waals surface area contributed by atoms with Gasteiger partial charge in [-0.25, -0.2) is 0 Å². The van der Waals surface area contributed by atoms with E-state index in [1.807, 2.05) is 35.2 Å². The molecule has 1 spiro atoms. The lowest BCUT2D eigenvalue weighted by Gasteiger charge is -2.37. The van der Waals surface area contributed by atoms with Crippen LogP contribution in [0.4, 0.5) is 0 Å². The molecule has 0 aliphatic carbocycles. The highest BCUT2D eigenvalue weighted by Crippen LogP contribution is 2.31. The fourth-order valence-corrected chi connectivity index (χ4v) is 3.31. The van der Waals surface area contributed by atoms with E-state index in [1.165, 1.54) is 0 Å². The Balaban J connectivity index is 1.36. The van der Waals surface area contributed by atoms with E-state index in [9.17, 15) is 4.79 Å². The number of rotatable bonds is 3. The number of hydrogen-bond acceptors (Lipinski definition) is 5. The Labute approximate surface area is 140 Å². The standard InChI is InChI=1S/C18H20N2O4/c21-16(20-9-6-18(7-10-20)23-11-12-24-18)13-22-15-5-1-3-14-4-2-8-19-17(14)15/h1-5,8H,6-7,9-13H2. The van der Waals surface area contributed by atoms with Gasteiger partial charge in [-0.05, 0) is 12.1 Å². The summed E-state index contributed by atoms with van der Waals surface area (Å²) in [5.74, 6) is 0.158. The minimum absolute atomic E-state index is 0.0178. The summed E-state index contributed by atoms with van der Waals surface area (Å²) < 4.78 is 17.1. The smallest absolute Gasteiger partial charge is 0.260 e. The number of fused-ring (bicyclic) bond motifs is 1. The quantitative estimate of drug-likeness (QED) is 0.862. The second kappa shape index (κ2) is 6.37. The van der Waals surface area contributed by atoms with Crippen molar-refractivity contribution in [2.45, 2.75) is 18.6 Å². The van der Waals surface area contributed by atoms with Gasteiger partial charge < -0.3 is 19.1 Å². The van der Waals surface area contributed by atoms with Crippen molar-refractivity contribution in [1.82, 2.24) is 9.88 Å². The number of benzene rings is 1. The van der Waals surface area contributed by atoms with Crippen LogP contribution in [0.1, 0.15) is 12.8 Å². The van der Waals surface area contributed by atoms with Gasteiger partial charge in [0.25, 0.3) is 5.91 Å². The minimum atomic E-state index is -0.461. The molecule has 2 saturated heterocycles. The number of likely N-dealkylation sites (tertiary alicyclic amines) is 1. The molecule has 0 N–H and O–H groups in total. The molecule has 1 aromatic heterocycles.